The third kappa shape index (κ3) is 6.77. The van der Waals surface area contributed by atoms with Crippen molar-refractivity contribution in [3.63, 3.8) is 0 Å². The molecular formula is C30H29ClF2N4O4S2. The molecule has 3 aromatic carbocycles. The molecule has 43 heavy (non-hydrogen) atoms. The van der Waals surface area contributed by atoms with Gasteiger partial charge in [-0.25, -0.2) is 26.5 Å². The summed E-state index contributed by atoms with van der Waals surface area (Å²) in [7, 11) is -1.48. The van der Waals surface area contributed by atoms with Crippen molar-refractivity contribution in [2.75, 3.05) is 36.9 Å². The molecule has 1 atom stereocenters. The van der Waals surface area contributed by atoms with Gasteiger partial charge in [-0.15, -0.1) is 11.3 Å². The lowest BCUT2D eigenvalue weighted by molar-refractivity contribution is 0.391. The summed E-state index contributed by atoms with van der Waals surface area (Å²) in [6.07, 6.45) is 4.36. The number of hydrogen-bond acceptors (Lipinski definition) is 8. The first-order valence-electron chi connectivity index (χ1n) is 13.3. The van der Waals surface area contributed by atoms with Crippen LogP contribution in [0.3, 0.4) is 0 Å². The molecule has 0 saturated heterocycles. The second kappa shape index (κ2) is 13.3. The highest BCUT2D eigenvalue weighted by Gasteiger charge is 2.32. The summed E-state index contributed by atoms with van der Waals surface area (Å²) in [6.45, 7) is 0.894. The molecular weight excluding hydrogens is 618 g/mol. The average molecular weight is 647 g/mol. The van der Waals surface area contributed by atoms with Crippen molar-refractivity contribution in [1.29, 1.82) is 0 Å². The van der Waals surface area contributed by atoms with Crippen LogP contribution in [-0.2, 0) is 16.6 Å². The Morgan fingerprint density at radius 3 is 2.60 bits per heavy atom. The molecule has 1 aliphatic rings. The van der Waals surface area contributed by atoms with Crippen LogP contribution in [0.2, 0.25) is 5.02 Å². The number of thiazole rings is 1. The second-order valence-corrected chi connectivity index (χ2v) is 12.7. The number of anilines is 2. The highest BCUT2D eigenvalue weighted by Crippen LogP contribution is 2.35. The Morgan fingerprint density at radius 2 is 1.91 bits per heavy atom. The van der Waals surface area contributed by atoms with Gasteiger partial charge in [0.2, 0.25) is 0 Å². The lowest BCUT2D eigenvalue weighted by Gasteiger charge is -2.27. The van der Waals surface area contributed by atoms with Crippen molar-refractivity contribution in [3.05, 3.63) is 100 Å². The van der Waals surface area contributed by atoms with Gasteiger partial charge in [0.15, 0.2) is 5.13 Å². The van der Waals surface area contributed by atoms with Crippen LogP contribution in [0.1, 0.15) is 17.5 Å². The summed E-state index contributed by atoms with van der Waals surface area (Å²) in [6, 6.07) is 13.2. The molecule has 0 aliphatic carbocycles. The zero-order valence-corrected chi connectivity index (χ0v) is 25.7. The minimum Gasteiger partial charge on any atom is -0.497 e. The van der Waals surface area contributed by atoms with Crippen molar-refractivity contribution in [3.8, 4) is 11.5 Å². The number of hydrogen-bond donors (Lipinski definition) is 2. The number of methoxy groups -OCH3 is 2. The van der Waals surface area contributed by atoms with Crippen LogP contribution < -0.4 is 24.4 Å². The number of nitrogens with zero attached hydrogens (tertiary/aromatic N) is 2. The Kier molecular flexibility index (Phi) is 9.50. The van der Waals surface area contributed by atoms with Gasteiger partial charge in [0.25, 0.3) is 10.0 Å². The fraction of sp³-hybridized carbons (Fsp3) is 0.233. The Bertz CT molecular complexity index is 1720. The Hall–Kier alpha value is -3.71. The molecule has 2 N–H and O–H groups in total. The lowest BCUT2D eigenvalue weighted by Crippen LogP contribution is -2.39. The van der Waals surface area contributed by atoms with Crippen molar-refractivity contribution in [2.24, 2.45) is 0 Å². The first-order chi connectivity index (χ1) is 20.7. The van der Waals surface area contributed by atoms with Gasteiger partial charge in [-0.2, -0.15) is 0 Å². The number of benzene rings is 3. The number of aromatic nitrogens is 1. The van der Waals surface area contributed by atoms with Gasteiger partial charge in [0, 0.05) is 35.8 Å². The summed E-state index contributed by atoms with van der Waals surface area (Å²) in [4.78, 5) is 3.59. The van der Waals surface area contributed by atoms with Crippen molar-refractivity contribution >= 4 is 49.4 Å². The summed E-state index contributed by atoms with van der Waals surface area (Å²) in [5.74, 6) is -0.355. The van der Waals surface area contributed by atoms with E-state index in [1.165, 1.54) is 32.5 Å². The monoisotopic (exact) mass is 646 g/mol. The summed E-state index contributed by atoms with van der Waals surface area (Å²) < 4.78 is 68.7. The number of rotatable bonds is 11. The molecule has 0 radical (unpaired) electrons. The fourth-order valence-electron chi connectivity index (χ4n) is 4.81. The van der Waals surface area contributed by atoms with Gasteiger partial charge in [-0.3, -0.25) is 0 Å². The van der Waals surface area contributed by atoms with E-state index in [0.29, 0.717) is 23.6 Å². The van der Waals surface area contributed by atoms with E-state index in [1.54, 1.807) is 35.7 Å². The number of nitrogens with one attached hydrogen (secondary N) is 2. The highest BCUT2D eigenvalue weighted by molar-refractivity contribution is 7.93. The molecule has 5 rings (SSSR count). The van der Waals surface area contributed by atoms with Crippen LogP contribution in [0.15, 0.2) is 77.1 Å². The minimum atomic E-state index is -4.46. The molecule has 4 aromatic rings. The lowest BCUT2D eigenvalue weighted by atomic mass is 9.94. The Morgan fingerprint density at radius 1 is 1.12 bits per heavy atom. The van der Waals surface area contributed by atoms with Gasteiger partial charge < -0.3 is 20.1 Å². The minimum absolute atomic E-state index is 0.0317. The smallest absolute Gasteiger partial charge is 0.269 e. The van der Waals surface area contributed by atoms with E-state index in [2.05, 4.69) is 21.7 Å². The Balaban J connectivity index is 1.41. The van der Waals surface area contributed by atoms with Crippen molar-refractivity contribution in [2.45, 2.75) is 23.9 Å². The fourth-order valence-corrected chi connectivity index (χ4v) is 7.44. The van der Waals surface area contributed by atoms with Crippen molar-refractivity contribution in [1.82, 2.24) is 10.3 Å². The molecule has 0 spiro atoms. The molecule has 1 unspecified atom stereocenters. The molecule has 0 amide bonds. The molecule has 2 heterocycles. The van der Waals surface area contributed by atoms with Gasteiger partial charge in [0.1, 0.15) is 28.0 Å². The van der Waals surface area contributed by atoms with E-state index in [9.17, 15) is 12.8 Å². The first kappa shape index (κ1) is 30.7. The maximum Gasteiger partial charge on any atom is 0.269 e. The molecule has 1 aliphatic heterocycles. The zero-order valence-electron chi connectivity index (χ0n) is 23.3. The van der Waals surface area contributed by atoms with Crippen LogP contribution in [0.4, 0.5) is 19.6 Å². The van der Waals surface area contributed by atoms with Gasteiger partial charge in [0.05, 0.1) is 31.5 Å². The van der Waals surface area contributed by atoms with E-state index < -0.39 is 20.7 Å². The summed E-state index contributed by atoms with van der Waals surface area (Å²) in [5.41, 5.74) is 2.61. The normalized spacial score (nSPS) is 15.1. The molecule has 8 nitrogen and oxygen atoms in total. The van der Waals surface area contributed by atoms with E-state index in [0.717, 1.165) is 51.9 Å². The molecule has 0 saturated carbocycles. The van der Waals surface area contributed by atoms with E-state index in [1.807, 2.05) is 0 Å². The van der Waals surface area contributed by atoms with E-state index in [-0.39, 0.29) is 34.2 Å². The maximum absolute atomic E-state index is 15.6. The van der Waals surface area contributed by atoms with Gasteiger partial charge in [-0.1, -0.05) is 29.8 Å². The van der Waals surface area contributed by atoms with Crippen LogP contribution in [-0.4, -0.2) is 46.8 Å². The van der Waals surface area contributed by atoms with Crippen LogP contribution in [0.5, 0.6) is 11.5 Å². The average Bonchev–Trinajstić information content (AvgIpc) is 3.55. The topological polar surface area (TPSA) is 92.8 Å². The molecule has 13 heteroatoms. The number of halogens is 3. The van der Waals surface area contributed by atoms with Crippen LogP contribution in [0, 0.1) is 11.6 Å². The SMILES string of the molecule is COc1ccc(CN(c2nccs2)S(=O)(=O)c2cc(Cl)c(NCC3NCCC=C3c3ccc(F)cc3)cc2F)c(OC)c1. The summed E-state index contributed by atoms with van der Waals surface area (Å²) in [5, 5.41) is 8.36. The summed E-state index contributed by atoms with van der Waals surface area (Å²) >= 11 is 7.63. The largest absolute Gasteiger partial charge is 0.497 e. The predicted octanol–water partition coefficient (Wildman–Crippen LogP) is 6.34. The molecule has 226 valence electrons. The van der Waals surface area contributed by atoms with Crippen molar-refractivity contribution < 1.29 is 26.7 Å². The van der Waals surface area contributed by atoms with Crippen LogP contribution in [0.25, 0.3) is 5.57 Å². The molecule has 0 fully saturated rings. The Labute approximate surface area is 258 Å². The molecule has 1 aromatic heterocycles. The maximum atomic E-state index is 15.6. The quantitative estimate of drug-likeness (QED) is 0.196. The zero-order chi connectivity index (χ0) is 30.6. The predicted molar refractivity (Wildman–Crippen MR) is 166 cm³/mol. The van der Waals surface area contributed by atoms with Crippen LogP contribution >= 0.6 is 22.9 Å². The van der Waals surface area contributed by atoms with E-state index in [4.69, 9.17) is 21.1 Å². The number of sulfonamides is 1. The highest BCUT2D eigenvalue weighted by atomic mass is 35.5. The van der Waals surface area contributed by atoms with Gasteiger partial charge in [-0.05, 0) is 60.5 Å². The van der Waals surface area contributed by atoms with Gasteiger partial charge >= 0.3 is 0 Å². The first-order valence-corrected chi connectivity index (χ1v) is 16.0. The third-order valence-corrected chi connectivity index (χ3v) is 9.95. The molecule has 0 bridgehead atoms. The standard InChI is InChI=1S/C30H29ClF2N4O4S2/c1-40-22-10-7-20(28(14-22)41-2)18-37(30-35-12-13-42-30)43(38,39)29-15-24(31)26(16-25(29)33)36-17-27-23(4-3-11-34-27)19-5-8-21(32)9-6-19/h4-10,12-16,27,34,36H,3,11,17-18H2,1-2H3. The number of ether oxygens (including phenoxy) is 2. The van der Waals surface area contributed by atoms with E-state index >= 15 is 4.39 Å². The second-order valence-electron chi connectivity index (χ2n) is 9.61. The third-order valence-electron chi connectivity index (χ3n) is 6.98.